The largest absolute Gasteiger partial charge is 0.478 e. The molecule has 1 N–H and O–H groups in total. The molecule has 0 spiro atoms. The number of aromatic carboxylic acids is 1. The Kier molecular flexibility index (Phi) is 2.51. The zero-order chi connectivity index (χ0) is 13.7. The van der Waals surface area contributed by atoms with Crippen molar-refractivity contribution in [1.29, 1.82) is 0 Å². The van der Waals surface area contributed by atoms with Crippen LogP contribution in [0.2, 0.25) is 0 Å². The van der Waals surface area contributed by atoms with Crippen molar-refractivity contribution in [3.63, 3.8) is 0 Å². The lowest BCUT2D eigenvalue weighted by molar-refractivity contribution is -0.132. The number of hydrogen-bond donors (Lipinski definition) is 1. The van der Waals surface area contributed by atoms with Gasteiger partial charge in [-0.25, -0.2) is 17.5 Å². The molecule has 0 atom stereocenters. The summed E-state index contributed by atoms with van der Waals surface area (Å²) < 4.78 is 27.7. The highest BCUT2D eigenvalue weighted by molar-refractivity contribution is 7.94. The Balaban J connectivity index is 2.30. The maximum absolute atomic E-state index is 11.8. The van der Waals surface area contributed by atoms with Crippen LogP contribution < -0.4 is 0 Å². The number of furan rings is 1. The average molecular weight is 273 g/mol. The average Bonchev–Trinajstić information content (AvgIpc) is 2.72. The van der Waals surface area contributed by atoms with Gasteiger partial charge in [-0.1, -0.05) is 0 Å². The van der Waals surface area contributed by atoms with Gasteiger partial charge >= 0.3 is 5.97 Å². The van der Waals surface area contributed by atoms with E-state index in [4.69, 9.17) is 9.52 Å². The first-order chi connectivity index (χ1) is 8.19. The zero-order valence-electron chi connectivity index (χ0n) is 9.71. The summed E-state index contributed by atoms with van der Waals surface area (Å²) in [6.45, 7) is 2.22. The highest BCUT2D eigenvalue weighted by Gasteiger charge is 2.60. The van der Waals surface area contributed by atoms with Gasteiger partial charge in [0.05, 0.1) is 12.8 Å². The van der Waals surface area contributed by atoms with Crippen molar-refractivity contribution in [3.05, 3.63) is 23.7 Å². The second-order valence-corrected chi connectivity index (χ2v) is 6.80. The molecule has 7 nitrogen and oxygen atoms in total. The van der Waals surface area contributed by atoms with Crippen LogP contribution in [0.1, 0.15) is 30.0 Å². The van der Waals surface area contributed by atoms with Crippen molar-refractivity contribution in [3.8, 4) is 0 Å². The fraction of sp³-hybridized carbons (Fsp3) is 0.400. The molecule has 1 aromatic heterocycles. The van der Waals surface area contributed by atoms with E-state index in [1.54, 1.807) is 0 Å². The van der Waals surface area contributed by atoms with Gasteiger partial charge in [-0.05, 0) is 19.9 Å². The molecule has 18 heavy (non-hydrogen) atoms. The van der Waals surface area contributed by atoms with E-state index < -0.39 is 26.6 Å². The van der Waals surface area contributed by atoms with Crippen LogP contribution in [-0.2, 0) is 21.4 Å². The lowest BCUT2D eigenvalue weighted by Gasteiger charge is -2.42. The van der Waals surface area contributed by atoms with Crippen molar-refractivity contribution in [1.82, 2.24) is 4.31 Å². The minimum atomic E-state index is -3.74. The van der Waals surface area contributed by atoms with Gasteiger partial charge in [0, 0.05) is 0 Å². The third-order valence-corrected chi connectivity index (χ3v) is 5.28. The maximum atomic E-state index is 11.8. The van der Waals surface area contributed by atoms with Crippen LogP contribution in [0.3, 0.4) is 0 Å². The van der Waals surface area contributed by atoms with Crippen LogP contribution >= 0.6 is 0 Å². The van der Waals surface area contributed by atoms with E-state index in [1.807, 2.05) is 0 Å². The minimum absolute atomic E-state index is 0.0603. The molecule has 1 fully saturated rings. The van der Waals surface area contributed by atoms with Crippen molar-refractivity contribution in [2.24, 2.45) is 0 Å². The van der Waals surface area contributed by atoms with Crippen molar-refractivity contribution >= 4 is 21.9 Å². The summed E-state index contributed by atoms with van der Waals surface area (Å²) in [5.41, 5.74) is -0.150. The van der Waals surface area contributed by atoms with Gasteiger partial charge in [-0.2, -0.15) is 0 Å². The Morgan fingerprint density at radius 3 is 2.61 bits per heavy atom. The monoisotopic (exact) mass is 273 g/mol. The first-order valence-electron chi connectivity index (χ1n) is 5.06. The summed E-state index contributed by atoms with van der Waals surface area (Å²) >= 11 is 0. The second kappa shape index (κ2) is 3.58. The Bertz CT molecular complexity index is 627. The third kappa shape index (κ3) is 1.45. The molecule has 1 saturated heterocycles. The standard InChI is InChI=1S/C10H11NO6S/c1-10(2)9(14)11(18(10,15)16)5-7-6(8(12)13)3-4-17-7/h3-4H,5H2,1-2H3,(H,12,13). The molecule has 1 aromatic rings. The minimum Gasteiger partial charge on any atom is -0.478 e. The molecule has 0 saturated carbocycles. The number of hydrogen-bond acceptors (Lipinski definition) is 5. The Hall–Kier alpha value is -1.83. The van der Waals surface area contributed by atoms with Crippen LogP contribution in [0, 0.1) is 0 Å². The zero-order valence-corrected chi connectivity index (χ0v) is 10.5. The van der Waals surface area contributed by atoms with Crippen LogP contribution in [0.4, 0.5) is 0 Å². The summed E-state index contributed by atoms with van der Waals surface area (Å²) in [6.07, 6.45) is 1.14. The Morgan fingerprint density at radius 2 is 2.11 bits per heavy atom. The number of rotatable bonds is 3. The van der Waals surface area contributed by atoms with Crippen LogP contribution in [0.15, 0.2) is 16.7 Å². The molecule has 0 aliphatic carbocycles. The lowest BCUT2D eigenvalue weighted by atomic mass is 10.1. The quantitative estimate of drug-likeness (QED) is 0.856. The van der Waals surface area contributed by atoms with E-state index >= 15 is 0 Å². The first kappa shape index (κ1) is 12.6. The van der Waals surface area contributed by atoms with E-state index in [0.29, 0.717) is 4.31 Å². The van der Waals surface area contributed by atoms with E-state index in [2.05, 4.69) is 0 Å². The molecule has 1 aliphatic heterocycles. The summed E-state index contributed by atoms with van der Waals surface area (Å²) in [5.74, 6) is -1.87. The summed E-state index contributed by atoms with van der Waals surface area (Å²) in [5, 5.41) is 8.84. The second-order valence-electron chi connectivity index (χ2n) is 4.39. The first-order valence-corrected chi connectivity index (χ1v) is 6.50. The number of carboxylic acids is 1. The molecule has 1 amide bonds. The van der Waals surface area contributed by atoms with Gasteiger partial charge in [0.1, 0.15) is 11.3 Å². The number of carbonyl (C=O) groups excluding carboxylic acids is 1. The van der Waals surface area contributed by atoms with Crippen molar-refractivity contribution < 1.29 is 27.5 Å². The molecule has 0 aromatic carbocycles. The van der Waals surface area contributed by atoms with Crippen LogP contribution in [-0.4, -0.2) is 34.5 Å². The predicted molar refractivity (Wildman–Crippen MR) is 59.2 cm³/mol. The fourth-order valence-electron chi connectivity index (χ4n) is 1.70. The van der Waals surface area contributed by atoms with Gasteiger partial charge in [0.2, 0.25) is 0 Å². The molecule has 8 heteroatoms. The highest BCUT2D eigenvalue weighted by atomic mass is 32.2. The molecular formula is C10H11NO6S. The summed E-state index contributed by atoms with van der Waals surface area (Å²) in [7, 11) is -3.74. The Labute approximate surface area is 103 Å². The molecule has 98 valence electrons. The van der Waals surface area contributed by atoms with Gasteiger partial charge < -0.3 is 9.52 Å². The smallest absolute Gasteiger partial charge is 0.339 e. The number of carboxylic acid groups (broad SMARTS) is 1. The van der Waals surface area contributed by atoms with Gasteiger partial charge in [-0.3, -0.25) is 4.79 Å². The highest BCUT2D eigenvalue weighted by Crippen LogP contribution is 2.36. The SMILES string of the molecule is CC1(C)C(=O)N(Cc2occc2C(=O)O)S1(=O)=O. The molecule has 0 radical (unpaired) electrons. The van der Waals surface area contributed by atoms with E-state index in [0.717, 1.165) is 6.26 Å². The van der Waals surface area contributed by atoms with E-state index in [1.165, 1.54) is 19.9 Å². The maximum Gasteiger partial charge on any atom is 0.339 e. The fourth-order valence-corrected chi connectivity index (χ4v) is 3.18. The number of amides is 1. The predicted octanol–water partition coefficient (Wildman–Crippen LogP) is 0.428. The normalized spacial score (nSPS) is 20.6. The lowest BCUT2D eigenvalue weighted by Crippen LogP contribution is -2.66. The molecule has 0 unspecified atom stereocenters. The van der Waals surface area contributed by atoms with Crippen LogP contribution in [0.25, 0.3) is 0 Å². The Morgan fingerprint density at radius 1 is 1.50 bits per heavy atom. The van der Waals surface area contributed by atoms with Gasteiger partial charge in [-0.15, -0.1) is 0 Å². The third-order valence-electron chi connectivity index (χ3n) is 2.94. The molecular weight excluding hydrogens is 262 g/mol. The molecule has 0 bridgehead atoms. The number of carbonyl (C=O) groups is 2. The van der Waals surface area contributed by atoms with Gasteiger partial charge in [0.25, 0.3) is 15.9 Å². The van der Waals surface area contributed by atoms with Gasteiger partial charge in [0.15, 0.2) is 4.75 Å². The topological polar surface area (TPSA) is 105 Å². The molecule has 2 heterocycles. The molecule has 2 rings (SSSR count). The van der Waals surface area contributed by atoms with Crippen LogP contribution in [0.5, 0.6) is 0 Å². The van der Waals surface area contributed by atoms with Crippen molar-refractivity contribution in [2.75, 3.05) is 0 Å². The summed E-state index contributed by atoms with van der Waals surface area (Å²) in [6, 6.07) is 1.21. The molecule has 1 aliphatic rings. The summed E-state index contributed by atoms with van der Waals surface area (Å²) in [4.78, 5) is 22.5. The van der Waals surface area contributed by atoms with E-state index in [-0.39, 0.29) is 17.9 Å². The van der Waals surface area contributed by atoms with E-state index in [9.17, 15) is 18.0 Å². The number of sulfonamides is 1. The van der Waals surface area contributed by atoms with Crippen molar-refractivity contribution in [2.45, 2.75) is 25.1 Å². The number of nitrogens with zero attached hydrogens (tertiary/aromatic N) is 1.